The summed E-state index contributed by atoms with van der Waals surface area (Å²) in [5.74, 6) is 0.477. The average Bonchev–Trinajstić information content (AvgIpc) is 2.69. The van der Waals surface area contributed by atoms with Gasteiger partial charge in [0.05, 0.1) is 12.6 Å². The number of hydrogen-bond acceptors (Lipinski definition) is 4. The number of rotatable bonds is 6. The van der Waals surface area contributed by atoms with E-state index in [1.54, 1.807) is 12.3 Å². The Kier molecular flexibility index (Phi) is 7.01. The number of carbonyl (C=O) groups is 2. The third-order valence-corrected chi connectivity index (χ3v) is 5.34. The van der Waals surface area contributed by atoms with E-state index in [0.29, 0.717) is 30.5 Å². The highest BCUT2D eigenvalue weighted by molar-refractivity contribution is 6.31. The molecule has 1 aromatic heterocycles. The minimum Gasteiger partial charge on any atom is -0.348 e. The van der Waals surface area contributed by atoms with E-state index < -0.39 is 0 Å². The van der Waals surface area contributed by atoms with Crippen LogP contribution in [0.1, 0.15) is 31.4 Å². The van der Waals surface area contributed by atoms with Crippen molar-refractivity contribution in [3.63, 3.8) is 0 Å². The van der Waals surface area contributed by atoms with E-state index >= 15 is 0 Å². The summed E-state index contributed by atoms with van der Waals surface area (Å²) in [7, 11) is 0. The topological polar surface area (TPSA) is 74.3 Å². The summed E-state index contributed by atoms with van der Waals surface area (Å²) < 4.78 is 0. The summed E-state index contributed by atoms with van der Waals surface area (Å²) >= 11 is 6.19. The van der Waals surface area contributed by atoms with Crippen molar-refractivity contribution < 1.29 is 9.59 Å². The minimum absolute atomic E-state index is 0.00450. The fourth-order valence-corrected chi connectivity index (χ4v) is 3.71. The number of nitrogens with one attached hydrogen (secondary N) is 2. The molecule has 1 atom stereocenters. The Morgan fingerprint density at radius 2 is 1.89 bits per heavy atom. The maximum absolute atomic E-state index is 12.4. The predicted molar refractivity (Wildman–Crippen MR) is 110 cm³/mol. The van der Waals surface area contributed by atoms with E-state index in [4.69, 9.17) is 11.6 Å². The smallest absolute Gasteiger partial charge is 0.234 e. The summed E-state index contributed by atoms with van der Waals surface area (Å²) in [4.78, 5) is 31.0. The van der Waals surface area contributed by atoms with Gasteiger partial charge in [-0.15, -0.1) is 0 Å². The molecule has 1 fully saturated rings. The summed E-state index contributed by atoms with van der Waals surface area (Å²) in [5, 5.41) is 6.50. The van der Waals surface area contributed by atoms with Crippen molar-refractivity contribution in [1.82, 2.24) is 15.2 Å². The van der Waals surface area contributed by atoms with Crippen molar-refractivity contribution in [2.75, 3.05) is 25.0 Å². The van der Waals surface area contributed by atoms with Gasteiger partial charge < -0.3 is 10.6 Å². The first-order chi connectivity index (χ1) is 13.5. The SMILES string of the molecule is CC(NC(=O)CN1CCC(C(=O)Nc2ccccn2)CC1)c1ccccc1Cl. The lowest BCUT2D eigenvalue weighted by Crippen LogP contribution is -2.43. The molecule has 1 aliphatic heterocycles. The van der Waals surface area contributed by atoms with Crippen LogP contribution in [0, 0.1) is 5.92 Å². The predicted octanol–water partition coefficient (Wildman–Crippen LogP) is 3.26. The third kappa shape index (κ3) is 5.53. The molecule has 1 saturated heterocycles. The molecule has 0 aliphatic carbocycles. The molecule has 2 amide bonds. The minimum atomic E-state index is -0.150. The van der Waals surface area contributed by atoms with Crippen LogP contribution in [0.3, 0.4) is 0 Å². The molecule has 0 spiro atoms. The first-order valence-electron chi connectivity index (χ1n) is 9.51. The van der Waals surface area contributed by atoms with Crippen molar-refractivity contribution in [2.24, 2.45) is 5.92 Å². The number of hydrogen-bond donors (Lipinski definition) is 2. The van der Waals surface area contributed by atoms with Gasteiger partial charge in [-0.3, -0.25) is 14.5 Å². The van der Waals surface area contributed by atoms with Gasteiger partial charge in [-0.2, -0.15) is 0 Å². The van der Waals surface area contributed by atoms with Crippen LogP contribution >= 0.6 is 11.6 Å². The Balaban J connectivity index is 1.43. The number of benzene rings is 1. The molecule has 0 radical (unpaired) electrons. The highest BCUT2D eigenvalue weighted by Gasteiger charge is 2.26. The molecular formula is C21H25ClN4O2. The quantitative estimate of drug-likeness (QED) is 0.780. The molecule has 1 aliphatic rings. The second-order valence-corrected chi connectivity index (χ2v) is 7.47. The van der Waals surface area contributed by atoms with Crippen LogP contribution < -0.4 is 10.6 Å². The summed E-state index contributed by atoms with van der Waals surface area (Å²) in [6, 6.07) is 12.8. The van der Waals surface area contributed by atoms with E-state index in [2.05, 4.69) is 20.5 Å². The van der Waals surface area contributed by atoms with E-state index in [1.807, 2.05) is 43.3 Å². The van der Waals surface area contributed by atoms with Gasteiger partial charge in [-0.05, 0) is 56.6 Å². The Morgan fingerprint density at radius 3 is 2.57 bits per heavy atom. The Morgan fingerprint density at radius 1 is 1.18 bits per heavy atom. The fraction of sp³-hybridized carbons (Fsp3) is 0.381. The largest absolute Gasteiger partial charge is 0.348 e. The lowest BCUT2D eigenvalue weighted by molar-refractivity contribution is -0.124. The van der Waals surface area contributed by atoms with Crippen LogP contribution in [-0.2, 0) is 9.59 Å². The van der Waals surface area contributed by atoms with Gasteiger partial charge in [0.25, 0.3) is 0 Å². The number of carbonyl (C=O) groups excluding carboxylic acids is 2. The van der Waals surface area contributed by atoms with Crippen molar-refractivity contribution in [1.29, 1.82) is 0 Å². The van der Waals surface area contributed by atoms with Crippen LogP contribution in [0.4, 0.5) is 5.82 Å². The molecule has 0 bridgehead atoms. The molecule has 1 unspecified atom stereocenters. The van der Waals surface area contributed by atoms with Crippen LogP contribution in [0.5, 0.6) is 0 Å². The van der Waals surface area contributed by atoms with E-state index in [0.717, 1.165) is 18.4 Å². The Bertz CT molecular complexity index is 807. The molecule has 2 N–H and O–H groups in total. The highest BCUT2D eigenvalue weighted by atomic mass is 35.5. The maximum Gasteiger partial charge on any atom is 0.234 e. The molecular weight excluding hydrogens is 376 g/mol. The lowest BCUT2D eigenvalue weighted by atomic mass is 9.96. The summed E-state index contributed by atoms with van der Waals surface area (Å²) in [6.07, 6.45) is 3.11. The second kappa shape index (κ2) is 9.66. The zero-order valence-electron chi connectivity index (χ0n) is 15.9. The highest BCUT2D eigenvalue weighted by Crippen LogP contribution is 2.22. The van der Waals surface area contributed by atoms with Crippen LogP contribution in [0.25, 0.3) is 0 Å². The lowest BCUT2D eigenvalue weighted by Gasteiger charge is -2.31. The molecule has 2 heterocycles. The van der Waals surface area contributed by atoms with Crippen molar-refractivity contribution >= 4 is 29.2 Å². The van der Waals surface area contributed by atoms with Crippen LogP contribution in [0.2, 0.25) is 5.02 Å². The summed E-state index contributed by atoms with van der Waals surface area (Å²) in [5.41, 5.74) is 0.905. The number of nitrogens with zero attached hydrogens (tertiary/aromatic N) is 2. The van der Waals surface area contributed by atoms with E-state index in [9.17, 15) is 9.59 Å². The molecule has 2 aromatic rings. The number of amides is 2. The number of aromatic nitrogens is 1. The van der Waals surface area contributed by atoms with Gasteiger partial charge in [0.2, 0.25) is 11.8 Å². The molecule has 3 rings (SSSR count). The average molecular weight is 401 g/mol. The second-order valence-electron chi connectivity index (χ2n) is 7.07. The number of pyridine rings is 1. The van der Waals surface area contributed by atoms with Crippen LogP contribution in [-0.4, -0.2) is 41.3 Å². The molecule has 1 aromatic carbocycles. The van der Waals surface area contributed by atoms with Gasteiger partial charge in [0.1, 0.15) is 5.82 Å². The third-order valence-electron chi connectivity index (χ3n) is 4.99. The van der Waals surface area contributed by atoms with Crippen molar-refractivity contribution in [3.8, 4) is 0 Å². The first-order valence-corrected chi connectivity index (χ1v) is 9.89. The van der Waals surface area contributed by atoms with Gasteiger partial charge in [0, 0.05) is 17.1 Å². The Hall–Kier alpha value is -2.44. The number of anilines is 1. The monoisotopic (exact) mass is 400 g/mol. The van der Waals surface area contributed by atoms with E-state index in [1.165, 1.54) is 0 Å². The Labute approximate surface area is 170 Å². The zero-order valence-corrected chi connectivity index (χ0v) is 16.7. The van der Waals surface area contributed by atoms with Gasteiger partial charge >= 0.3 is 0 Å². The van der Waals surface area contributed by atoms with Crippen molar-refractivity contribution in [3.05, 3.63) is 59.2 Å². The van der Waals surface area contributed by atoms with Gasteiger partial charge in [-0.25, -0.2) is 4.98 Å². The molecule has 0 saturated carbocycles. The fourth-order valence-electron chi connectivity index (χ4n) is 3.41. The normalized spacial score (nSPS) is 16.4. The van der Waals surface area contributed by atoms with E-state index in [-0.39, 0.29) is 23.8 Å². The number of halogens is 1. The van der Waals surface area contributed by atoms with Crippen LogP contribution in [0.15, 0.2) is 48.7 Å². The van der Waals surface area contributed by atoms with Crippen molar-refractivity contribution in [2.45, 2.75) is 25.8 Å². The maximum atomic E-state index is 12.4. The van der Waals surface area contributed by atoms with Gasteiger partial charge in [0.15, 0.2) is 0 Å². The summed E-state index contributed by atoms with van der Waals surface area (Å²) in [6.45, 7) is 3.68. The molecule has 6 nitrogen and oxygen atoms in total. The molecule has 28 heavy (non-hydrogen) atoms. The molecule has 148 valence electrons. The zero-order chi connectivity index (χ0) is 19.9. The first kappa shape index (κ1) is 20.3. The number of piperidine rings is 1. The standard InChI is InChI=1S/C21H25ClN4O2/c1-15(17-6-2-3-7-18(17)22)24-20(27)14-26-12-9-16(10-13-26)21(28)25-19-8-4-5-11-23-19/h2-8,11,15-16H,9-10,12-14H2,1H3,(H,24,27)(H,23,25,28). The molecule has 7 heteroatoms. The van der Waals surface area contributed by atoms with Gasteiger partial charge in [-0.1, -0.05) is 35.9 Å². The number of likely N-dealkylation sites (tertiary alicyclic amines) is 1.